The van der Waals surface area contributed by atoms with E-state index in [4.69, 9.17) is 0 Å². The van der Waals surface area contributed by atoms with Crippen LogP contribution in [0.3, 0.4) is 0 Å². The minimum atomic E-state index is 0.0965. The lowest BCUT2D eigenvalue weighted by Crippen LogP contribution is -2.62. The Kier molecular flexibility index (Phi) is 6.40. The molecule has 0 radical (unpaired) electrons. The minimum Gasteiger partial charge on any atom is -0.310 e. The van der Waals surface area contributed by atoms with Crippen LogP contribution in [0.15, 0.2) is 146 Å². The Morgan fingerprint density at radius 2 is 1.08 bits per heavy atom. The summed E-state index contributed by atoms with van der Waals surface area (Å²) in [6, 6.07) is 55.1. The highest BCUT2D eigenvalue weighted by molar-refractivity contribution is 5.90. The second-order valence-corrected chi connectivity index (χ2v) is 17.9. The van der Waals surface area contributed by atoms with E-state index in [1.165, 1.54) is 76.7 Å². The van der Waals surface area contributed by atoms with Gasteiger partial charge in [0.25, 0.3) is 0 Å². The third-order valence-electron chi connectivity index (χ3n) is 14.4. The molecule has 0 heterocycles. The van der Waals surface area contributed by atoms with Crippen LogP contribution in [-0.4, -0.2) is 0 Å². The fourth-order valence-electron chi connectivity index (χ4n) is 12.7. The lowest BCUT2D eigenvalue weighted by molar-refractivity contribution is -0.0820. The molecule has 5 aliphatic rings. The molecule has 6 aromatic rings. The Morgan fingerprint density at radius 3 is 1.77 bits per heavy atom. The summed E-state index contributed by atoms with van der Waals surface area (Å²) in [7, 11) is 0. The van der Waals surface area contributed by atoms with Gasteiger partial charge in [-0.15, -0.1) is 0 Å². The number of nitrogens with zero attached hydrogens (tertiary/aromatic N) is 1. The van der Waals surface area contributed by atoms with Crippen molar-refractivity contribution in [3.05, 3.63) is 162 Å². The zero-order chi connectivity index (χ0) is 34.8. The van der Waals surface area contributed by atoms with Crippen molar-refractivity contribution in [1.82, 2.24) is 0 Å². The van der Waals surface area contributed by atoms with Crippen LogP contribution < -0.4 is 4.90 Å². The Labute approximate surface area is 309 Å². The standard InChI is InChI=1S/C51H47N/c1-49(2,3)38-20-24-40(25-21-38)52(46-16-10-8-13-41(46)36-11-5-4-6-12-36)39-22-17-35(18-23-39)37-19-26-45-43(30-37)42-14-7-9-15-44(42)51(45)47-28-33-27-34-29-48(51)50(47,31-33)32-34/h4-26,30,33-34,47-48H,27-29,31-32H2,1-3H3. The van der Waals surface area contributed by atoms with Crippen LogP contribution in [0.2, 0.25) is 0 Å². The van der Waals surface area contributed by atoms with Crippen molar-refractivity contribution in [3.63, 3.8) is 0 Å². The lowest BCUT2D eigenvalue weighted by Gasteiger charge is -2.64. The van der Waals surface area contributed by atoms with Gasteiger partial charge in [0.1, 0.15) is 0 Å². The number of anilines is 3. The molecular weight excluding hydrogens is 627 g/mol. The fourth-order valence-corrected chi connectivity index (χ4v) is 12.7. The van der Waals surface area contributed by atoms with Gasteiger partial charge in [0, 0.05) is 22.4 Å². The lowest BCUT2D eigenvalue weighted by atomic mass is 9.38. The average molecular weight is 674 g/mol. The highest BCUT2D eigenvalue weighted by Crippen LogP contribution is 2.85. The van der Waals surface area contributed by atoms with E-state index in [2.05, 4.69) is 171 Å². The molecule has 5 aliphatic carbocycles. The maximum absolute atomic E-state index is 2.56. The molecule has 4 unspecified atom stereocenters. The predicted octanol–water partition coefficient (Wildman–Crippen LogP) is 13.5. The number of hydrogen-bond acceptors (Lipinski definition) is 1. The predicted molar refractivity (Wildman–Crippen MR) is 216 cm³/mol. The monoisotopic (exact) mass is 673 g/mol. The van der Waals surface area contributed by atoms with E-state index in [-0.39, 0.29) is 10.8 Å². The van der Waals surface area contributed by atoms with E-state index in [0.29, 0.717) is 5.41 Å². The molecule has 0 aromatic heterocycles. The van der Waals surface area contributed by atoms with Crippen LogP contribution in [-0.2, 0) is 10.8 Å². The summed E-state index contributed by atoms with van der Waals surface area (Å²) in [6.45, 7) is 6.85. The van der Waals surface area contributed by atoms with E-state index in [1.54, 1.807) is 11.1 Å². The van der Waals surface area contributed by atoms with Gasteiger partial charge >= 0.3 is 0 Å². The Morgan fingerprint density at radius 1 is 0.500 bits per heavy atom. The van der Waals surface area contributed by atoms with Crippen molar-refractivity contribution < 1.29 is 0 Å². The topological polar surface area (TPSA) is 3.24 Å². The highest BCUT2D eigenvalue weighted by atomic mass is 15.1. The van der Waals surface area contributed by atoms with Crippen LogP contribution in [0.5, 0.6) is 0 Å². The average Bonchev–Trinajstić information content (AvgIpc) is 3.70. The van der Waals surface area contributed by atoms with E-state index >= 15 is 0 Å². The van der Waals surface area contributed by atoms with Crippen LogP contribution in [0.1, 0.15) is 69.6 Å². The maximum atomic E-state index is 2.56. The molecule has 0 saturated heterocycles. The van der Waals surface area contributed by atoms with Crippen LogP contribution in [0.4, 0.5) is 17.1 Å². The SMILES string of the molecule is CC(C)(C)c1ccc(N(c2ccc(-c3ccc4c(c3)-c3ccccc3C43C4CC5CC6CC3C4(C5)C6)cc2)c2ccccc2-c2ccccc2)cc1. The Balaban J connectivity index is 0.996. The van der Waals surface area contributed by atoms with E-state index in [9.17, 15) is 0 Å². The van der Waals surface area contributed by atoms with Gasteiger partial charge in [-0.1, -0.05) is 130 Å². The fraction of sp³-hybridized carbons (Fsp3) is 0.294. The highest BCUT2D eigenvalue weighted by Gasteiger charge is 2.79. The molecule has 4 saturated carbocycles. The molecule has 3 bridgehead atoms. The maximum Gasteiger partial charge on any atom is 0.0540 e. The summed E-state index contributed by atoms with van der Waals surface area (Å²) >= 11 is 0. The molecule has 0 amide bonds. The first-order valence-corrected chi connectivity index (χ1v) is 19.7. The molecule has 0 N–H and O–H groups in total. The van der Waals surface area contributed by atoms with Gasteiger partial charge in [0.2, 0.25) is 0 Å². The molecule has 4 atom stereocenters. The van der Waals surface area contributed by atoms with Crippen LogP contribution in [0, 0.1) is 29.1 Å². The molecule has 1 nitrogen and oxygen atoms in total. The van der Waals surface area contributed by atoms with Crippen molar-refractivity contribution in [3.8, 4) is 33.4 Å². The van der Waals surface area contributed by atoms with Crippen molar-refractivity contribution in [2.75, 3.05) is 4.90 Å². The van der Waals surface area contributed by atoms with Gasteiger partial charge in [0.15, 0.2) is 0 Å². The summed E-state index contributed by atoms with van der Waals surface area (Å²) < 4.78 is 0. The number of rotatable bonds is 5. The normalized spacial score (nSPS) is 27.3. The van der Waals surface area contributed by atoms with Gasteiger partial charge in [-0.2, -0.15) is 0 Å². The molecular formula is C51H47N. The van der Waals surface area contributed by atoms with Crippen molar-refractivity contribution in [2.45, 2.75) is 63.7 Å². The first-order valence-electron chi connectivity index (χ1n) is 19.7. The van der Waals surface area contributed by atoms with E-state index in [1.807, 2.05) is 0 Å². The zero-order valence-electron chi connectivity index (χ0n) is 30.6. The molecule has 52 heavy (non-hydrogen) atoms. The van der Waals surface area contributed by atoms with E-state index < -0.39 is 0 Å². The molecule has 11 rings (SSSR count). The van der Waals surface area contributed by atoms with Gasteiger partial charge in [-0.05, 0) is 148 Å². The van der Waals surface area contributed by atoms with Crippen LogP contribution in [0.25, 0.3) is 33.4 Å². The van der Waals surface area contributed by atoms with Gasteiger partial charge in [0.05, 0.1) is 5.69 Å². The zero-order valence-corrected chi connectivity index (χ0v) is 30.6. The number of para-hydroxylation sites is 1. The first kappa shape index (κ1) is 30.7. The van der Waals surface area contributed by atoms with Gasteiger partial charge in [-0.3, -0.25) is 0 Å². The second kappa shape index (κ2) is 10.8. The van der Waals surface area contributed by atoms with Gasteiger partial charge < -0.3 is 4.90 Å². The van der Waals surface area contributed by atoms with E-state index in [0.717, 1.165) is 35.0 Å². The molecule has 256 valence electrons. The molecule has 0 aliphatic heterocycles. The van der Waals surface area contributed by atoms with Crippen LogP contribution >= 0.6 is 0 Å². The van der Waals surface area contributed by atoms with Crippen molar-refractivity contribution in [2.24, 2.45) is 29.1 Å². The molecule has 1 heteroatoms. The Hall–Kier alpha value is -4.88. The number of fused-ring (bicyclic) bond motifs is 9. The quantitative estimate of drug-likeness (QED) is 0.176. The van der Waals surface area contributed by atoms with Crippen molar-refractivity contribution >= 4 is 17.1 Å². The van der Waals surface area contributed by atoms with Crippen molar-refractivity contribution in [1.29, 1.82) is 0 Å². The largest absolute Gasteiger partial charge is 0.310 e. The summed E-state index contributed by atoms with van der Waals surface area (Å²) in [4.78, 5) is 2.43. The number of benzene rings is 6. The number of hydrogen-bond donors (Lipinski definition) is 0. The van der Waals surface area contributed by atoms with Gasteiger partial charge in [-0.25, -0.2) is 0 Å². The molecule has 2 spiro atoms. The second-order valence-electron chi connectivity index (χ2n) is 17.9. The first-order chi connectivity index (χ1) is 25.3. The summed E-state index contributed by atoms with van der Waals surface area (Å²) in [6.07, 6.45) is 7.43. The third-order valence-corrected chi connectivity index (χ3v) is 14.4. The summed E-state index contributed by atoms with van der Waals surface area (Å²) in [5, 5.41) is 0. The molecule has 6 aromatic carbocycles. The molecule has 4 fully saturated rings. The Bertz CT molecular complexity index is 2320. The summed E-state index contributed by atoms with van der Waals surface area (Å²) in [5.74, 6) is 3.60. The minimum absolute atomic E-state index is 0.0965. The smallest absolute Gasteiger partial charge is 0.0540 e. The summed E-state index contributed by atoms with van der Waals surface area (Å²) in [5.41, 5.74) is 17.1. The third kappa shape index (κ3) is 4.11.